The number of carboxylic acid groups (broad SMARTS) is 1. The number of ether oxygens (including phenoxy) is 2. The molecule has 4 aliphatic rings. The average molecular weight is 477 g/mol. The van der Waals surface area contributed by atoms with E-state index >= 15 is 0 Å². The Kier molecular flexibility index (Phi) is 4.65. The van der Waals surface area contributed by atoms with Crippen LogP contribution in [0, 0.1) is 18.8 Å². The van der Waals surface area contributed by atoms with E-state index in [0.29, 0.717) is 28.3 Å². The van der Waals surface area contributed by atoms with E-state index in [1.165, 1.54) is 4.90 Å². The third kappa shape index (κ3) is 3.06. The second-order valence-corrected chi connectivity index (χ2v) is 9.45. The van der Waals surface area contributed by atoms with Crippen molar-refractivity contribution in [3.8, 4) is 11.5 Å². The monoisotopic (exact) mass is 477 g/mol. The van der Waals surface area contributed by atoms with Gasteiger partial charge in [0, 0.05) is 23.7 Å². The first kappa shape index (κ1) is 21.6. The molecule has 0 saturated carbocycles. The Morgan fingerprint density at radius 2 is 1.91 bits per heavy atom. The highest BCUT2D eigenvalue weighted by atomic mass is 16.7. The number of carbonyl (C=O) groups is 4. The number of amides is 3. The quantitative estimate of drug-likeness (QED) is 0.552. The van der Waals surface area contributed by atoms with Crippen molar-refractivity contribution >= 4 is 29.4 Å². The largest absolute Gasteiger partial charge is 0.481 e. The minimum absolute atomic E-state index is 0.0192. The van der Waals surface area contributed by atoms with E-state index in [-0.39, 0.29) is 26.2 Å². The van der Waals surface area contributed by atoms with Crippen molar-refractivity contribution < 1.29 is 33.8 Å². The number of carboxylic acids is 1. The summed E-state index contributed by atoms with van der Waals surface area (Å²) in [4.78, 5) is 53.4. The molecule has 4 heterocycles. The molecule has 35 heavy (non-hydrogen) atoms. The van der Waals surface area contributed by atoms with Gasteiger partial charge in [0.25, 0.3) is 0 Å². The number of likely N-dealkylation sites (tertiary alicyclic amines) is 1. The van der Waals surface area contributed by atoms with Crippen molar-refractivity contribution in [2.24, 2.45) is 11.8 Å². The molecular formula is C25H23N3O7. The van der Waals surface area contributed by atoms with Crippen LogP contribution in [0.3, 0.4) is 0 Å². The number of anilines is 1. The van der Waals surface area contributed by atoms with Crippen molar-refractivity contribution in [2.75, 3.05) is 12.1 Å². The van der Waals surface area contributed by atoms with Crippen molar-refractivity contribution in [1.29, 1.82) is 0 Å². The zero-order valence-electron chi connectivity index (χ0n) is 18.9. The number of hydrogen-bond donors (Lipinski definition) is 3. The SMILES string of the molecule is Cc1ccc2c(c1)[C@]1(N[C@@H](CCC(=O)O)[C@H]3C(=O)N(Cc4ccc5c(c4)OCO5)C(=O)[C@@H]31)C(=O)N2. The van der Waals surface area contributed by atoms with E-state index < -0.39 is 47.1 Å². The van der Waals surface area contributed by atoms with Crippen molar-refractivity contribution in [2.45, 2.75) is 37.9 Å². The maximum atomic E-state index is 13.8. The fourth-order valence-corrected chi connectivity index (χ4v) is 5.88. The predicted molar refractivity (Wildman–Crippen MR) is 120 cm³/mol. The summed E-state index contributed by atoms with van der Waals surface area (Å²) >= 11 is 0. The van der Waals surface area contributed by atoms with Gasteiger partial charge in [0.2, 0.25) is 24.5 Å². The third-order valence-electron chi connectivity index (χ3n) is 7.41. The fraction of sp³-hybridized carbons (Fsp3) is 0.360. The average Bonchev–Trinajstić information content (AvgIpc) is 3.55. The molecule has 0 aliphatic carbocycles. The van der Waals surface area contributed by atoms with Crippen LogP contribution in [0.2, 0.25) is 0 Å². The second-order valence-electron chi connectivity index (χ2n) is 9.45. The zero-order chi connectivity index (χ0) is 24.5. The predicted octanol–water partition coefficient (Wildman–Crippen LogP) is 1.51. The maximum Gasteiger partial charge on any atom is 0.303 e. The number of aryl methyl sites for hydroxylation is 1. The molecule has 6 rings (SSSR count). The lowest BCUT2D eigenvalue weighted by atomic mass is 9.76. The number of nitrogens with one attached hydrogen (secondary N) is 2. The standard InChI is InChI=1S/C25H23N3O7/c1-12-2-4-15-14(8-12)25(24(33)26-15)21-20(16(27-25)5-7-19(29)30)22(31)28(23(21)32)10-13-3-6-17-18(9-13)35-11-34-17/h2-4,6,8-9,16,20-21,27H,5,7,10-11H2,1H3,(H,26,33)(H,29,30)/t16-,20+,21+,25+/m0/s1. The summed E-state index contributed by atoms with van der Waals surface area (Å²) < 4.78 is 10.7. The molecule has 180 valence electrons. The summed E-state index contributed by atoms with van der Waals surface area (Å²) in [6.45, 7) is 2.02. The Balaban J connectivity index is 1.40. The Labute approximate surface area is 200 Å². The van der Waals surface area contributed by atoms with Gasteiger partial charge in [0.05, 0.1) is 18.4 Å². The number of aliphatic carboxylic acids is 1. The van der Waals surface area contributed by atoms with E-state index in [9.17, 15) is 24.3 Å². The molecular weight excluding hydrogens is 454 g/mol. The molecule has 2 fully saturated rings. The summed E-state index contributed by atoms with van der Waals surface area (Å²) in [7, 11) is 0. The molecule has 2 aromatic carbocycles. The van der Waals surface area contributed by atoms with Crippen LogP contribution in [0.1, 0.15) is 29.5 Å². The summed E-state index contributed by atoms with van der Waals surface area (Å²) in [6.07, 6.45) is -0.0769. The van der Waals surface area contributed by atoms with E-state index in [1.807, 2.05) is 19.1 Å². The summed E-state index contributed by atoms with van der Waals surface area (Å²) in [5.41, 5.74) is 1.35. The number of rotatable bonds is 5. The smallest absolute Gasteiger partial charge is 0.303 e. The highest BCUT2D eigenvalue weighted by molar-refractivity contribution is 6.15. The number of carbonyl (C=O) groups excluding carboxylic acids is 3. The van der Waals surface area contributed by atoms with Crippen LogP contribution in [0.15, 0.2) is 36.4 Å². The molecule has 1 spiro atoms. The van der Waals surface area contributed by atoms with Gasteiger partial charge in [-0.2, -0.15) is 0 Å². The number of imide groups is 1. The lowest BCUT2D eigenvalue weighted by molar-refractivity contribution is -0.144. The minimum Gasteiger partial charge on any atom is -0.481 e. The van der Waals surface area contributed by atoms with E-state index in [0.717, 1.165) is 5.56 Å². The van der Waals surface area contributed by atoms with E-state index in [1.54, 1.807) is 24.3 Å². The molecule has 0 radical (unpaired) electrons. The Morgan fingerprint density at radius 1 is 1.11 bits per heavy atom. The van der Waals surface area contributed by atoms with Crippen molar-refractivity contribution in [3.05, 3.63) is 53.1 Å². The van der Waals surface area contributed by atoms with E-state index in [4.69, 9.17) is 9.47 Å². The molecule has 2 saturated heterocycles. The zero-order valence-corrected chi connectivity index (χ0v) is 18.9. The number of nitrogens with zero attached hydrogens (tertiary/aromatic N) is 1. The lowest BCUT2D eigenvalue weighted by Gasteiger charge is -2.29. The van der Waals surface area contributed by atoms with Gasteiger partial charge in [0.1, 0.15) is 5.54 Å². The Bertz CT molecular complexity index is 1310. The first-order chi connectivity index (χ1) is 16.8. The lowest BCUT2D eigenvalue weighted by Crippen LogP contribution is -2.53. The van der Waals surface area contributed by atoms with Crippen molar-refractivity contribution in [1.82, 2.24) is 10.2 Å². The molecule has 3 N–H and O–H groups in total. The van der Waals surface area contributed by atoms with Crippen LogP contribution in [-0.4, -0.2) is 46.5 Å². The molecule has 0 bridgehead atoms. The summed E-state index contributed by atoms with van der Waals surface area (Å²) in [6, 6.07) is 10.1. The topological polar surface area (TPSA) is 134 Å². The van der Waals surface area contributed by atoms with Gasteiger partial charge in [-0.3, -0.25) is 29.4 Å². The number of benzene rings is 2. The molecule has 3 amide bonds. The molecule has 4 aliphatic heterocycles. The van der Waals surface area contributed by atoms with Gasteiger partial charge in [-0.05, 0) is 37.1 Å². The Morgan fingerprint density at radius 3 is 2.71 bits per heavy atom. The van der Waals surface area contributed by atoms with Crippen LogP contribution < -0.4 is 20.1 Å². The van der Waals surface area contributed by atoms with Crippen LogP contribution in [0.4, 0.5) is 5.69 Å². The van der Waals surface area contributed by atoms with Gasteiger partial charge in [-0.1, -0.05) is 23.8 Å². The highest BCUT2D eigenvalue weighted by Crippen LogP contribution is 2.54. The first-order valence-corrected chi connectivity index (χ1v) is 11.5. The van der Waals surface area contributed by atoms with Gasteiger partial charge in [-0.25, -0.2) is 0 Å². The van der Waals surface area contributed by atoms with Gasteiger partial charge in [-0.15, -0.1) is 0 Å². The Hall–Kier alpha value is -3.92. The van der Waals surface area contributed by atoms with E-state index in [2.05, 4.69) is 10.6 Å². The van der Waals surface area contributed by atoms with Gasteiger partial charge >= 0.3 is 5.97 Å². The van der Waals surface area contributed by atoms with Crippen LogP contribution in [0.5, 0.6) is 11.5 Å². The molecule has 2 aromatic rings. The molecule has 0 aromatic heterocycles. The van der Waals surface area contributed by atoms with Gasteiger partial charge in [0.15, 0.2) is 11.5 Å². The number of fused-ring (bicyclic) bond motifs is 5. The summed E-state index contributed by atoms with van der Waals surface area (Å²) in [5.74, 6) is -2.98. The first-order valence-electron chi connectivity index (χ1n) is 11.5. The molecule has 10 heteroatoms. The minimum atomic E-state index is -1.44. The fourth-order valence-electron chi connectivity index (χ4n) is 5.88. The van der Waals surface area contributed by atoms with Gasteiger partial charge < -0.3 is 19.9 Å². The molecule has 0 unspecified atom stereocenters. The second kappa shape index (κ2) is 7.54. The van der Waals surface area contributed by atoms with Crippen LogP contribution >= 0.6 is 0 Å². The molecule has 4 atom stereocenters. The van der Waals surface area contributed by atoms with Crippen LogP contribution in [-0.2, 0) is 31.3 Å². The van der Waals surface area contributed by atoms with Crippen molar-refractivity contribution in [3.63, 3.8) is 0 Å². The van der Waals surface area contributed by atoms with Crippen LogP contribution in [0.25, 0.3) is 0 Å². The molecule has 10 nitrogen and oxygen atoms in total. The summed E-state index contributed by atoms with van der Waals surface area (Å²) in [5, 5.41) is 15.4. The number of hydrogen-bond acceptors (Lipinski definition) is 7. The maximum absolute atomic E-state index is 13.8. The third-order valence-corrected chi connectivity index (χ3v) is 7.41. The highest BCUT2D eigenvalue weighted by Gasteiger charge is 2.70. The normalized spacial score (nSPS) is 28.0.